The Morgan fingerprint density at radius 2 is 1.58 bits per heavy atom. The fourth-order valence-corrected chi connectivity index (χ4v) is 2.49. The molecular formula is C17H14BrN. The standard InChI is InChI=1S/C17H14BrN/c1-12-6-7-13-4-2-3-5-16(13)17(12)19-15-10-8-14(18)9-11-15/h2-11,19H,1H3. The molecule has 0 aliphatic rings. The van der Waals surface area contributed by atoms with Gasteiger partial charge < -0.3 is 5.32 Å². The molecule has 3 aromatic rings. The lowest BCUT2D eigenvalue weighted by Gasteiger charge is -2.13. The molecule has 2 heteroatoms. The summed E-state index contributed by atoms with van der Waals surface area (Å²) in [5.41, 5.74) is 3.53. The third kappa shape index (κ3) is 2.49. The van der Waals surface area contributed by atoms with Gasteiger partial charge in [-0.3, -0.25) is 0 Å². The minimum atomic E-state index is 1.09. The summed E-state index contributed by atoms with van der Waals surface area (Å²) in [5, 5.41) is 6.03. The molecule has 3 aromatic carbocycles. The number of halogens is 1. The quantitative estimate of drug-likeness (QED) is 0.644. The Bertz CT molecular complexity index is 717. The molecule has 0 spiro atoms. The van der Waals surface area contributed by atoms with Crippen LogP contribution in [0.2, 0.25) is 0 Å². The normalized spacial score (nSPS) is 10.6. The van der Waals surface area contributed by atoms with Crippen LogP contribution in [0.15, 0.2) is 65.1 Å². The van der Waals surface area contributed by atoms with Crippen LogP contribution in [0.5, 0.6) is 0 Å². The van der Waals surface area contributed by atoms with E-state index in [9.17, 15) is 0 Å². The predicted octanol–water partition coefficient (Wildman–Crippen LogP) is 5.65. The van der Waals surface area contributed by atoms with Crippen LogP contribution < -0.4 is 5.32 Å². The van der Waals surface area contributed by atoms with Gasteiger partial charge in [-0.05, 0) is 42.1 Å². The molecule has 0 aliphatic carbocycles. The van der Waals surface area contributed by atoms with E-state index in [0.717, 1.165) is 10.2 Å². The molecule has 0 heterocycles. The van der Waals surface area contributed by atoms with Gasteiger partial charge in [0.15, 0.2) is 0 Å². The Morgan fingerprint density at radius 3 is 2.37 bits per heavy atom. The van der Waals surface area contributed by atoms with E-state index in [1.807, 2.05) is 12.1 Å². The van der Waals surface area contributed by atoms with Gasteiger partial charge in [-0.15, -0.1) is 0 Å². The van der Waals surface area contributed by atoms with Crippen molar-refractivity contribution in [3.05, 3.63) is 70.7 Å². The Labute approximate surface area is 121 Å². The van der Waals surface area contributed by atoms with Crippen molar-refractivity contribution in [1.82, 2.24) is 0 Å². The summed E-state index contributed by atoms with van der Waals surface area (Å²) >= 11 is 3.46. The van der Waals surface area contributed by atoms with E-state index in [0.29, 0.717) is 0 Å². The van der Waals surface area contributed by atoms with Crippen LogP contribution in [0, 0.1) is 6.92 Å². The van der Waals surface area contributed by atoms with E-state index in [-0.39, 0.29) is 0 Å². The zero-order valence-corrected chi connectivity index (χ0v) is 12.2. The zero-order chi connectivity index (χ0) is 13.2. The first-order valence-electron chi connectivity index (χ1n) is 6.25. The van der Waals surface area contributed by atoms with Gasteiger partial charge in [0.05, 0.1) is 0 Å². The molecule has 94 valence electrons. The first kappa shape index (κ1) is 12.2. The van der Waals surface area contributed by atoms with Crippen molar-refractivity contribution in [2.75, 3.05) is 5.32 Å². The summed E-state index contributed by atoms with van der Waals surface area (Å²) in [6.45, 7) is 2.13. The highest BCUT2D eigenvalue weighted by atomic mass is 79.9. The molecule has 0 fully saturated rings. The van der Waals surface area contributed by atoms with Crippen LogP contribution in [0.3, 0.4) is 0 Å². The maximum absolute atomic E-state index is 3.52. The maximum atomic E-state index is 3.52. The minimum Gasteiger partial charge on any atom is -0.355 e. The molecule has 19 heavy (non-hydrogen) atoms. The summed E-state index contributed by atoms with van der Waals surface area (Å²) in [6.07, 6.45) is 0. The number of aryl methyl sites for hydroxylation is 1. The SMILES string of the molecule is Cc1ccc2ccccc2c1Nc1ccc(Br)cc1. The topological polar surface area (TPSA) is 12.0 Å². The average Bonchev–Trinajstić information content (AvgIpc) is 2.44. The molecule has 1 nitrogen and oxygen atoms in total. The molecule has 0 amide bonds. The van der Waals surface area contributed by atoms with Gasteiger partial charge in [0, 0.05) is 21.2 Å². The first-order chi connectivity index (χ1) is 9.24. The second-order valence-electron chi connectivity index (χ2n) is 4.61. The van der Waals surface area contributed by atoms with Gasteiger partial charge in [-0.2, -0.15) is 0 Å². The third-order valence-corrected chi connectivity index (χ3v) is 3.78. The molecular weight excluding hydrogens is 298 g/mol. The molecule has 3 rings (SSSR count). The summed E-state index contributed by atoms with van der Waals surface area (Å²) in [5.74, 6) is 0. The van der Waals surface area contributed by atoms with E-state index < -0.39 is 0 Å². The highest BCUT2D eigenvalue weighted by molar-refractivity contribution is 9.10. The largest absolute Gasteiger partial charge is 0.355 e. The van der Waals surface area contributed by atoms with Crippen LogP contribution in [-0.2, 0) is 0 Å². The van der Waals surface area contributed by atoms with Crippen molar-refractivity contribution < 1.29 is 0 Å². The van der Waals surface area contributed by atoms with Crippen molar-refractivity contribution in [3.63, 3.8) is 0 Å². The van der Waals surface area contributed by atoms with E-state index in [2.05, 4.69) is 76.7 Å². The highest BCUT2D eigenvalue weighted by Gasteiger charge is 2.04. The van der Waals surface area contributed by atoms with Crippen molar-refractivity contribution >= 4 is 38.1 Å². The molecule has 0 saturated carbocycles. The molecule has 0 atom stereocenters. The smallest absolute Gasteiger partial charge is 0.0493 e. The number of rotatable bonds is 2. The summed E-state index contributed by atoms with van der Waals surface area (Å²) < 4.78 is 1.09. The first-order valence-corrected chi connectivity index (χ1v) is 7.04. The van der Waals surface area contributed by atoms with Gasteiger partial charge >= 0.3 is 0 Å². The molecule has 0 bridgehead atoms. The van der Waals surface area contributed by atoms with Crippen molar-refractivity contribution in [3.8, 4) is 0 Å². The molecule has 1 N–H and O–H groups in total. The van der Waals surface area contributed by atoms with E-state index in [1.165, 1.54) is 22.0 Å². The molecule has 0 saturated heterocycles. The second kappa shape index (κ2) is 5.06. The molecule has 0 radical (unpaired) electrons. The maximum Gasteiger partial charge on any atom is 0.0493 e. The number of benzene rings is 3. The van der Waals surface area contributed by atoms with Gasteiger partial charge in [0.1, 0.15) is 0 Å². The fourth-order valence-electron chi connectivity index (χ4n) is 2.22. The summed E-state index contributed by atoms with van der Waals surface area (Å²) in [4.78, 5) is 0. The lowest BCUT2D eigenvalue weighted by Crippen LogP contribution is -1.94. The Hall–Kier alpha value is -1.80. The monoisotopic (exact) mass is 311 g/mol. The number of fused-ring (bicyclic) bond motifs is 1. The zero-order valence-electron chi connectivity index (χ0n) is 10.7. The highest BCUT2D eigenvalue weighted by Crippen LogP contribution is 2.30. The van der Waals surface area contributed by atoms with Crippen LogP contribution in [0.1, 0.15) is 5.56 Å². The predicted molar refractivity (Wildman–Crippen MR) is 86.1 cm³/mol. The second-order valence-corrected chi connectivity index (χ2v) is 5.53. The molecule has 0 aliphatic heterocycles. The number of nitrogens with one attached hydrogen (secondary N) is 1. The number of hydrogen-bond acceptors (Lipinski definition) is 1. The number of anilines is 2. The number of hydrogen-bond donors (Lipinski definition) is 1. The van der Waals surface area contributed by atoms with E-state index in [1.54, 1.807) is 0 Å². The summed E-state index contributed by atoms with van der Waals surface area (Å²) in [6, 6.07) is 21.0. The van der Waals surface area contributed by atoms with E-state index >= 15 is 0 Å². The van der Waals surface area contributed by atoms with Gasteiger partial charge in [0.25, 0.3) is 0 Å². The van der Waals surface area contributed by atoms with Crippen LogP contribution in [0.4, 0.5) is 11.4 Å². The lowest BCUT2D eigenvalue weighted by atomic mass is 10.0. The average molecular weight is 312 g/mol. The van der Waals surface area contributed by atoms with Crippen LogP contribution in [0.25, 0.3) is 10.8 Å². The fraction of sp³-hybridized carbons (Fsp3) is 0.0588. The Morgan fingerprint density at radius 1 is 0.842 bits per heavy atom. The van der Waals surface area contributed by atoms with E-state index in [4.69, 9.17) is 0 Å². The minimum absolute atomic E-state index is 1.09. The Kier molecular flexibility index (Phi) is 3.26. The Balaban J connectivity index is 2.09. The summed E-state index contributed by atoms with van der Waals surface area (Å²) in [7, 11) is 0. The lowest BCUT2D eigenvalue weighted by molar-refractivity contribution is 1.46. The molecule has 0 unspecified atom stereocenters. The van der Waals surface area contributed by atoms with Gasteiger partial charge in [0.2, 0.25) is 0 Å². The van der Waals surface area contributed by atoms with Gasteiger partial charge in [-0.25, -0.2) is 0 Å². The van der Waals surface area contributed by atoms with Crippen LogP contribution in [-0.4, -0.2) is 0 Å². The van der Waals surface area contributed by atoms with Gasteiger partial charge in [-0.1, -0.05) is 52.3 Å². The van der Waals surface area contributed by atoms with Crippen molar-refractivity contribution in [2.45, 2.75) is 6.92 Å². The molecule has 0 aromatic heterocycles. The van der Waals surface area contributed by atoms with Crippen molar-refractivity contribution in [2.24, 2.45) is 0 Å². The van der Waals surface area contributed by atoms with Crippen LogP contribution >= 0.6 is 15.9 Å². The third-order valence-electron chi connectivity index (χ3n) is 3.25. The van der Waals surface area contributed by atoms with Crippen molar-refractivity contribution in [1.29, 1.82) is 0 Å².